The molecule has 174 valence electrons. The van der Waals surface area contributed by atoms with Gasteiger partial charge in [-0.1, -0.05) is 29.8 Å². The van der Waals surface area contributed by atoms with Crippen LogP contribution in [0.1, 0.15) is 25.3 Å². The number of aromatic hydroxyl groups is 1. The highest BCUT2D eigenvalue weighted by Crippen LogP contribution is 2.29. The molecule has 1 heterocycles. The van der Waals surface area contributed by atoms with Crippen LogP contribution in [0.5, 0.6) is 11.5 Å². The van der Waals surface area contributed by atoms with E-state index in [-0.39, 0.29) is 31.7 Å². The second-order valence-corrected chi connectivity index (χ2v) is 8.48. The number of carboxylic acid groups (broad SMARTS) is 1. The van der Waals surface area contributed by atoms with Crippen LogP contribution in [0.15, 0.2) is 54.7 Å². The minimum atomic E-state index is -1.05. The van der Waals surface area contributed by atoms with E-state index in [1.807, 2.05) is 0 Å². The Morgan fingerprint density at radius 1 is 1.21 bits per heavy atom. The van der Waals surface area contributed by atoms with Gasteiger partial charge in [0.15, 0.2) is 0 Å². The SMILES string of the molecule is CC(CN)(NCc1ccccc1O)C(CC(=O)O)CC(=O)Oc1ccnc2cc(Cl)ccc12. The molecule has 8 nitrogen and oxygen atoms in total. The third-order valence-corrected chi connectivity index (χ3v) is 5.96. The molecular formula is C24H26ClN3O5. The van der Waals surface area contributed by atoms with Crippen LogP contribution in [0.3, 0.4) is 0 Å². The van der Waals surface area contributed by atoms with E-state index in [9.17, 15) is 19.8 Å². The molecule has 2 atom stereocenters. The second kappa shape index (κ2) is 10.6. The zero-order valence-electron chi connectivity index (χ0n) is 18.1. The number of fused-ring (bicyclic) bond motifs is 1. The van der Waals surface area contributed by atoms with E-state index in [1.165, 1.54) is 6.20 Å². The predicted octanol–water partition coefficient (Wildman–Crippen LogP) is 3.49. The Morgan fingerprint density at radius 3 is 2.67 bits per heavy atom. The number of rotatable bonds is 10. The van der Waals surface area contributed by atoms with Crippen molar-refractivity contribution in [1.29, 1.82) is 0 Å². The minimum absolute atomic E-state index is 0.0719. The maximum absolute atomic E-state index is 12.8. The number of carboxylic acids is 1. The van der Waals surface area contributed by atoms with E-state index in [0.717, 1.165) is 0 Å². The van der Waals surface area contributed by atoms with Gasteiger partial charge in [0, 0.05) is 40.8 Å². The van der Waals surface area contributed by atoms with Gasteiger partial charge < -0.3 is 26.0 Å². The molecule has 0 saturated carbocycles. The molecule has 0 amide bonds. The van der Waals surface area contributed by atoms with Crippen molar-refractivity contribution >= 4 is 34.4 Å². The summed E-state index contributed by atoms with van der Waals surface area (Å²) in [6, 6.07) is 13.4. The highest BCUT2D eigenvalue weighted by Gasteiger charge is 2.36. The summed E-state index contributed by atoms with van der Waals surface area (Å²) >= 11 is 6.01. The predicted molar refractivity (Wildman–Crippen MR) is 125 cm³/mol. The number of hydrogen-bond donors (Lipinski definition) is 4. The lowest BCUT2D eigenvalue weighted by Gasteiger charge is -2.37. The number of aromatic nitrogens is 1. The summed E-state index contributed by atoms with van der Waals surface area (Å²) in [5.74, 6) is -1.88. The molecule has 0 aliphatic rings. The third-order valence-electron chi connectivity index (χ3n) is 5.72. The number of ether oxygens (including phenoxy) is 1. The highest BCUT2D eigenvalue weighted by atomic mass is 35.5. The van der Waals surface area contributed by atoms with Gasteiger partial charge in [-0.15, -0.1) is 0 Å². The van der Waals surface area contributed by atoms with Crippen LogP contribution >= 0.6 is 11.6 Å². The largest absolute Gasteiger partial charge is 0.508 e. The number of benzene rings is 2. The fourth-order valence-electron chi connectivity index (χ4n) is 3.62. The quantitative estimate of drug-likeness (QED) is 0.330. The van der Waals surface area contributed by atoms with E-state index in [0.29, 0.717) is 27.2 Å². The summed E-state index contributed by atoms with van der Waals surface area (Å²) in [4.78, 5) is 28.6. The number of hydrogen-bond acceptors (Lipinski definition) is 7. The Kier molecular flexibility index (Phi) is 7.86. The van der Waals surface area contributed by atoms with Crippen LogP contribution in [0.25, 0.3) is 10.9 Å². The number of phenols is 1. The summed E-state index contributed by atoms with van der Waals surface area (Å²) in [5, 5.41) is 23.8. The Bertz CT molecular complexity index is 1160. The van der Waals surface area contributed by atoms with Gasteiger partial charge in [-0.25, -0.2) is 0 Å². The number of para-hydroxylation sites is 1. The molecule has 0 spiro atoms. The fourth-order valence-corrected chi connectivity index (χ4v) is 3.79. The first-order valence-electron chi connectivity index (χ1n) is 10.4. The van der Waals surface area contributed by atoms with Gasteiger partial charge in [-0.05, 0) is 43.2 Å². The number of halogens is 1. The second-order valence-electron chi connectivity index (χ2n) is 8.05. The van der Waals surface area contributed by atoms with Gasteiger partial charge in [0.25, 0.3) is 0 Å². The number of esters is 1. The van der Waals surface area contributed by atoms with Crippen molar-refractivity contribution in [2.24, 2.45) is 11.7 Å². The molecule has 33 heavy (non-hydrogen) atoms. The molecule has 0 aliphatic heterocycles. The van der Waals surface area contributed by atoms with Crippen molar-refractivity contribution in [3.8, 4) is 11.5 Å². The topological polar surface area (TPSA) is 135 Å². The Labute approximate surface area is 196 Å². The molecule has 3 rings (SSSR count). The molecule has 5 N–H and O–H groups in total. The summed E-state index contributed by atoms with van der Waals surface area (Å²) in [7, 11) is 0. The lowest BCUT2D eigenvalue weighted by molar-refractivity contribution is -0.140. The number of pyridine rings is 1. The summed E-state index contributed by atoms with van der Waals surface area (Å²) in [6.07, 6.45) is 1.04. The lowest BCUT2D eigenvalue weighted by atomic mass is 9.80. The van der Waals surface area contributed by atoms with E-state index in [2.05, 4.69) is 10.3 Å². The van der Waals surface area contributed by atoms with Crippen molar-refractivity contribution in [3.63, 3.8) is 0 Å². The Hall–Kier alpha value is -3.20. The average Bonchev–Trinajstić information content (AvgIpc) is 2.77. The molecule has 0 radical (unpaired) electrons. The normalized spacial score (nSPS) is 13.9. The van der Waals surface area contributed by atoms with Crippen LogP contribution in [0.4, 0.5) is 0 Å². The van der Waals surface area contributed by atoms with Crippen molar-refractivity contribution in [1.82, 2.24) is 10.3 Å². The molecule has 2 unspecified atom stereocenters. The molecule has 0 saturated heterocycles. The molecule has 0 fully saturated rings. The number of phenolic OH excluding ortho intramolecular Hbond substituents is 1. The summed E-state index contributed by atoms with van der Waals surface area (Å²) in [5.41, 5.74) is 6.31. The van der Waals surface area contributed by atoms with Crippen molar-refractivity contribution < 1.29 is 24.5 Å². The molecule has 9 heteroatoms. The zero-order valence-corrected chi connectivity index (χ0v) is 18.9. The molecule has 1 aromatic heterocycles. The fraction of sp³-hybridized carbons (Fsp3) is 0.292. The van der Waals surface area contributed by atoms with Gasteiger partial charge >= 0.3 is 11.9 Å². The van der Waals surface area contributed by atoms with Gasteiger partial charge in [-0.2, -0.15) is 0 Å². The maximum atomic E-state index is 12.8. The average molecular weight is 472 g/mol. The van der Waals surface area contributed by atoms with Crippen LogP contribution in [0.2, 0.25) is 5.02 Å². The molecule has 2 aromatic carbocycles. The first-order chi connectivity index (χ1) is 15.7. The summed E-state index contributed by atoms with van der Waals surface area (Å²) < 4.78 is 5.58. The van der Waals surface area contributed by atoms with Crippen LogP contribution in [0, 0.1) is 5.92 Å². The van der Waals surface area contributed by atoms with Gasteiger partial charge in [0.2, 0.25) is 0 Å². The smallest absolute Gasteiger partial charge is 0.311 e. The van der Waals surface area contributed by atoms with Gasteiger partial charge in [-0.3, -0.25) is 14.6 Å². The first kappa shape index (κ1) is 24.4. The maximum Gasteiger partial charge on any atom is 0.311 e. The van der Waals surface area contributed by atoms with Crippen LogP contribution in [-0.4, -0.2) is 39.2 Å². The van der Waals surface area contributed by atoms with Crippen molar-refractivity contribution in [2.45, 2.75) is 31.8 Å². The first-order valence-corrected chi connectivity index (χ1v) is 10.8. The number of carbonyl (C=O) groups is 2. The Balaban J connectivity index is 1.78. The molecule has 0 bridgehead atoms. The standard InChI is InChI=1S/C24H26ClN3O5/c1-24(14-26,28-13-15-4-2-3-5-20(15)29)16(10-22(30)31)11-23(32)33-21-8-9-27-19-12-17(25)6-7-18(19)21/h2-9,12,16,28-29H,10-11,13-14,26H2,1H3,(H,30,31). The van der Waals surface area contributed by atoms with Crippen LogP contribution in [-0.2, 0) is 16.1 Å². The van der Waals surface area contributed by atoms with Crippen LogP contribution < -0.4 is 15.8 Å². The summed E-state index contributed by atoms with van der Waals surface area (Å²) in [6.45, 7) is 2.08. The number of nitrogens with one attached hydrogen (secondary N) is 1. The van der Waals surface area contributed by atoms with Crippen molar-refractivity contribution in [3.05, 3.63) is 65.3 Å². The van der Waals surface area contributed by atoms with E-state index >= 15 is 0 Å². The number of nitrogens with zero attached hydrogens (tertiary/aromatic N) is 1. The molecule has 0 aliphatic carbocycles. The number of carbonyl (C=O) groups excluding carboxylic acids is 1. The van der Waals surface area contributed by atoms with E-state index in [4.69, 9.17) is 22.1 Å². The molecule has 3 aromatic rings. The number of nitrogens with two attached hydrogens (primary N) is 1. The van der Waals surface area contributed by atoms with E-state index < -0.39 is 23.4 Å². The van der Waals surface area contributed by atoms with Crippen molar-refractivity contribution in [2.75, 3.05) is 6.54 Å². The lowest BCUT2D eigenvalue weighted by Crippen LogP contribution is -2.55. The molecular weight excluding hydrogens is 446 g/mol. The number of aliphatic carboxylic acids is 1. The monoisotopic (exact) mass is 471 g/mol. The third kappa shape index (κ3) is 6.19. The zero-order chi connectivity index (χ0) is 24.0. The van der Waals surface area contributed by atoms with E-state index in [1.54, 1.807) is 55.5 Å². The van der Waals surface area contributed by atoms with Gasteiger partial charge in [0.1, 0.15) is 11.5 Å². The minimum Gasteiger partial charge on any atom is -0.508 e. The van der Waals surface area contributed by atoms with Gasteiger partial charge in [0.05, 0.1) is 18.4 Å². The Morgan fingerprint density at radius 2 is 1.97 bits per heavy atom. The highest BCUT2D eigenvalue weighted by molar-refractivity contribution is 6.31.